The molecule has 0 fully saturated rings. The Labute approximate surface area is 84.7 Å². The zero-order valence-corrected chi connectivity index (χ0v) is 8.44. The van der Waals surface area contributed by atoms with Crippen LogP contribution in [0, 0.1) is 0 Å². The van der Waals surface area contributed by atoms with Crippen LogP contribution in [0.4, 0.5) is 0 Å². The molecule has 0 atom stereocenters. The first-order chi connectivity index (χ1) is 6.83. The lowest BCUT2D eigenvalue weighted by atomic mass is 10.1. The fraction of sp³-hybridized carbons (Fsp3) is 0.333. The summed E-state index contributed by atoms with van der Waals surface area (Å²) in [6.45, 7) is 2.08. The smallest absolute Gasteiger partial charge is 0.155 e. The number of rotatable bonds is 5. The van der Waals surface area contributed by atoms with E-state index < -0.39 is 0 Å². The summed E-state index contributed by atoms with van der Waals surface area (Å²) in [6, 6.07) is 3.78. The molecule has 0 saturated heterocycles. The van der Waals surface area contributed by atoms with Gasteiger partial charge in [0.1, 0.15) is 0 Å². The standard InChI is InChI=1S/C12H15NO/c1-2-3-6-12(14)8-7-11-5-4-9-13-10-11/h4-5,7-10H,2-3,6H2,1H3/b8-7+. The van der Waals surface area contributed by atoms with Crippen molar-refractivity contribution in [3.8, 4) is 0 Å². The van der Waals surface area contributed by atoms with Gasteiger partial charge < -0.3 is 0 Å². The summed E-state index contributed by atoms with van der Waals surface area (Å²) in [6.07, 6.45) is 9.58. The molecule has 1 rings (SSSR count). The molecule has 1 heterocycles. The molecule has 2 heteroatoms. The van der Waals surface area contributed by atoms with E-state index in [2.05, 4.69) is 11.9 Å². The molecule has 0 spiro atoms. The zero-order chi connectivity index (χ0) is 10.2. The molecule has 0 unspecified atom stereocenters. The minimum Gasteiger partial charge on any atom is -0.295 e. The highest BCUT2D eigenvalue weighted by Crippen LogP contribution is 2.01. The molecular formula is C12H15NO. The Balaban J connectivity index is 2.44. The van der Waals surface area contributed by atoms with Crippen molar-refractivity contribution in [2.75, 3.05) is 0 Å². The summed E-state index contributed by atoms with van der Waals surface area (Å²) in [4.78, 5) is 15.2. The average molecular weight is 189 g/mol. The Morgan fingerprint density at radius 3 is 3.07 bits per heavy atom. The first kappa shape index (κ1) is 10.6. The maximum atomic E-state index is 11.3. The fourth-order valence-corrected chi connectivity index (χ4v) is 1.10. The molecular weight excluding hydrogens is 174 g/mol. The summed E-state index contributed by atoms with van der Waals surface area (Å²) in [5, 5.41) is 0. The maximum Gasteiger partial charge on any atom is 0.155 e. The van der Waals surface area contributed by atoms with Gasteiger partial charge in [0.15, 0.2) is 5.78 Å². The van der Waals surface area contributed by atoms with Crippen LogP contribution in [0.3, 0.4) is 0 Å². The van der Waals surface area contributed by atoms with Gasteiger partial charge >= 0.3 is 0 Å². The number of aromatic nitrogens is 1. The molecule has 1 aromatic heterocycles. The highest BCUT2D eigenvalue weighted by Gasteiger charge is 1.94. The molecule has 2 nitrogen and oxygen atoms in total. The molecule has 0 aliphatic rings. The second-order valence-corrected chi connectivity index (χ2v) is 3.19. The third-order valence-corrected chi connectivity index (χ3v) is 1.92. The van der Waals surface area contributed by atoms with Gasteiger partial charge in [-0.15, -0.1) is 0 Å². The lowest BCUT2D eigenvalue weighted by Gasteiger charge is -1.92. The van der Waals surface area contributed by atoms with E-state index in [4.69, 9.17) is 0 Å². The Bertz CT molecular complexity index is 303. The van der Waals surface area contributed by atoms with Gasteiger partial charge in [0.05, 0.1) is 0 Å². The van der Waals surface area contributed by atoms with Gasteiger partial charge in [-0.05, 0) is 30.2 Å². The van der Waals surface area contributed by atoms with Crippen molar-refractivity contribution in [3.63, 3.8) is 0 Å². The van der Waals surface area contributed by atoms with Crippen molar-refractivity contribution in [3.05, 3.63) is 36.2 Å². The maximum absolute atomic E-state index is 11.3. The number of unbranched alkanes of at least 4 members (excludes halogenated alkanes) is 1. The molecule has 0 aromatic carbocycles. The number of pyridine rings is 1. The van der Waals surface area contributed by atoms with Gasteiger partial charge in [-0.3, -0.25) is 9.78 Å². The topological polar surface area (TPSA) is 30.0 Å². The van der Waals surface area contributed by atoms with Crippen LogP contribution in [0.25, 0.3) is 6.08 Å². The van der Waals surface area contributed by atoms with Crippen LogP contribution >= 0.6 is 0 Å². The number of ketones is 1. The second-order valence-electron chi connectivity index (χ2n) is 3.19. The number of carbonyl (C=O) groups is 1. The van der Waals surface area contributed by atoms with Gasteiger partial charge in [-0.25, -0.2) is 0 Å². The van der Waals surface area contributed by atoms with E-state index >= 15 is 0 Å². The van der Waals surface area contributed by atoms with E-state index in [1.165, 1.54) is 0 Å². The lowest BCUT2D eigenvalue weighted by Crippen LogP contribution is -1.91. The molecule has 0 amide bonds. The van der Waals surface area contributed by atoms with Gasteiger partial charge in [0.25, 0.3) is 0 Å². The van der Waals surface area contributed by atoms with Crippen molar-refractivity contribution in [2.24, 2.45) is 0 Å². The van der Waals surface area contributed by atoms with Crippen LogP contribution < -0.4 is 0 Å². The quantitative estimate of drug-likeness (QED) is 0.667. The highest BCUT2D eigenvalue weighted by atomic mass is 16.1. The SMILES string of the molecule is CCCCC(=O)/C=C/c1cccnc1. The van der Waals surface area contributed by atoms with E-state index in [1.54, 1.807) is 18.5 Å². The monoisotopic (exact) mass is 189 g/mol. The first-order valence-corrected chi connectivity index (χ1v) is 4.94. The van der Waals surface area contributed by atoms with Crippen molar-refractivity contribution in [1.82, 2.24) is 4.98 Å². The predicted molar refractivity (Wildman–Crippen MR) is 57.8 cm³/mol. The molecule has 0 aliphatic carbocycles. The number of hydrogen-bond acceptors (Lipinski definition) is 2. The third kappa shape index (κ3) is 3.99. The molecule has 0 N–H and O–H groups in total. The van der Waals surface area contributed by atoms with Crippen LogP contribution in [0.15, 0.2) is 30.6 Å². The minimum absolute atomic E-state index is 0.190. The predicted octanol–water partition coefficient (Wildman–Crippen LogP) is 2.85. The molecule has 14 heavy (non-hydrogen) atoms. The summed E-state index contributed by atoms with van der Waals surface area (Å²) in [7, 11) is 0. The van der Waals surface area contributed by atoms with Gasteiger partial charge in [-0.2, -0.15) is 0 Å². The van der Waals surface area contributed by atoms with E-state index in [0.717, 1.165) is 18.4 Å². The number of hydrogen-bond donors (Lipinski definition) is 0. The summed E-state index contributed by atoms with van der Waals surface area (Å²) in [5.74, 6) is 0.190. The second kappa shape index (κ2) is 6.08. The third-order valence-electron chi connectivity index (χ3n) is 1.92. The summed E-state index contributed by atoms with van der Waals surface area (Å²) < 4.78 is 0. The molecule has 0 bridgehead atoms. The van der Waals surface area contributed by atoms with Crippen LogP contribution in [-0.2, 0) is 4.79 Å². The van der Waals surface area contributed by atoms with E-state index in [-0.39, 0.29) is 5.78 Å². The highest BCUT2D eigenvalue weighted by molar-refractivity contribution is 5.93. The average Bonchev–Trinajstić information content (AvgIpc) is 2.25. The number of carbonyl (C=O) groups excluding carboxylic acids is 1. The Hall–Kier alpha value is -1.44. The zero-order valence-electron chi connectivity index (χ0n) is 8.44. The van der Waals surface area contributed by atoms with Crippen molar-refractivity contribution >= 4 is 11.9 Å². The molecule has 0 saturated carbocycles. The van der Waals surface area contributed by atoms with E-state index in [1.807, 2.05) is 18.2 Å². The fourth-order valence-electron chi connectivity index (χ4n) is 1.10. The van der Waals surface area contributed by atoms with Gasteiger partial charge in [0.2, 0.25) is 0 Å². The van der Waals surface area contributed by atoms with Crippen molar-refractivity contribution in [2.45, 2.75) is 26.2 Å². The van der Waals surface area contributed by atoms with Crippen LogP contribution in [0.5, 0.6) is 0 Å². The summed E-state index contributed by atoms with van der Waals surface area (Å²) >= 11 is 0. The van der Waals surface area contributed by atoms with E-state index in [0.29, 0.717) is 6.42 Å². The molecule has 1 aromatic rings. The Morgan fingerprint density at radius 1 is 1.57 bits per heavy atom. The lowest BCUT2D eigenvalue weighted by molar-refractivity contribution is -0.114. The first-order valence-electron chi connectivity index (χ1n) is 4.94. The molecule has 0 aliphatic heterocycles. The Kier molecular flexibility index (Phi) is 4.62. The Morgan fingerprint density at radius 2 is 2.43 bits per heavy atom. The molecule has 0 radical (unpaired) electrons. The largest absolute Gasteiger partial charge is 0.295 e. The number of allylic oxidation sites excluding steroid dienone is 1. The minimum atomic E-state index is 0.190. The van der Waals surface area contributed by atoms with Crippen LogP contribution in [0.2, 0.25) is 0 Å². The van der Waals surface area contributed by atoms with Crippen molar-refractivity contribution in [1.29, 1.82) is 0 Å². The van der Waals surface area contributed by atoms with Gasteiger partial charge in [-0.1, -0.05) is 19.4 Å². The van der Waals surface area contributed by atoms with E-state index in [9.17, 15) is 4.79 Å². The van der Waals surface area contributed by atoms with Crippen LogP contribution in [0.1, 0.15) is 31.7 Å². The molecule has 74 valence electrons. The van der Waals surface area contributed by atoms with Gasteiger partial charge in [0, 0.05) is 18.8 Å². The van der Waals surface area contributed by atoms with Crippen LogP contribution in [-0.4, -0.2) is 10.8 Å². The normalized spacial score (nSPS) is 10.6. The summed E-state index contributed by atoms with van der Waals surface area (Å²) in [5.41, 5.74) is 0.970. The number of nitrogens with zero attached hydrogens (tertiary/aromatic N) is 1. The van der Waals surface area contributed by atoms with Crippen molar-refractivity contribution < 1.29 is 4.79 Å².